The molecule has 0 saturated heterocycles. The van der Waals surface area contributed by atoms with Crippen LogP contribution >= 0.6 is 0 Å². The molecule has 2 heteroatoms. The van der Waals surface area contributed by atoms with Gasteiger partial charge in [-0.25, -0.2) is 0 Å². The van der Waals surface area contributed by atoms with Crippen LogP contribution in [0.4, 0.5) is 0 Å². The summed E-state index contributed by atoms with van der Waals surface area (Å²) >= 11 is 0. The van der Waals surface area contributed by atoms with Gasteiger partial charge in [-0.15, -0.1) is 0 Å². The Morgan fingerprint density at radius 2 is 1.88 bits per heavy atom. The smallest absolute Gasteiger partial charge is 0.0189 e. The van der Waals surface area contributed by atoms with Gasteiger partial charge in [-0.1, -0.05) is 13.3 Å². The number of hydrogen-bond donors (Lipinski definition) is 2. The summed E-state index contributed by atoms with van der Waals surface area (Å²) in [5.41, 5.74) is 11.1. The average molecular weight is 116 g/mol. The van der Waals surface area contributed by atoms with E-state index in [-0.39, 0.29) is 12.1 Å². The van der Waals surface area contributed by atoms with E-state index in [0.717, 1.165) is 12.8 Å². The summed E-state index contributed by atoms with van der Waals surface area (Å²) in [6.45, 7) is 4.06. The van der Waals surface area contributed by atoms with Gasteiger partial charge >= 0.3 is 0 Å². The molecular weight excluding hydrogens is 100 g/mol. The van der Waals surface area contributed by atoms with Crippen LogP contribution in [0.3, 0.4) is 0 Å². The molecule has 0 fully saturated rings. The van der Waals surface area contributed by atoms with E-state index < -0.39 is 0 Å². The zero-order valence-corrected chi connectivity index (χ0v) is 5.72. The van der Waals surface area contributed by atoms with Gasteiger partial charge in [-0.05, 0) is 13.3 Å². The molecule has 0 amide bonds. The first-order valence-electron chi connectivity index (χ1n) is 3.19. The molecule has 2 atom stereocenters. The maximum Gasteiger partial charge on any atom is 0.0189 e. The molecule has 0 aromatic rings. The molecule has 50 valence electrons. The fourth-order valence-electron chi connectivity index (χ4n) is 0.596. The zero-order chi connectivity index (χ0) is 6.57. The van der Waals surface area contributed by atoms with Crippen molar-refractivity contribution in [2.45, 2.75) is 38.8 Å². The van der Waals surface area contributed by atoms with Crippen LogP contribution in [-0.4, -0.2) is 12.1 Å². The monoisotopic (exact) mass is 116 g/mol. The number of hydrogen-bond acceptors (Lipinski definition) is 2. The molecule has 2 nitrogen and oxygen atoms in total. The van der Waals surface area contributed by atoms with Crippen LogP contribution in [-0.2, 0) is 0 Å². The maximum absolute atomic E-state index is 5.60. The van der Waals surface area contributed by atoms with Crippen molar-refractivity contribution in [1.29, 1.82) is 0 Å². The molecule has 0 saturated carbocycles. The largest absolute Gasteiger partial charge is 0.327 e. The van der Waals surface area contributed by atoms with Crippen LogP contribution < -0.4 is 11.5 Å². The Bertz CT molecular complexity index is 52.5. The van der Waals surface area contributed by atoms with Crippen molar-refractivity contribution in [3.63, 3.8) is 0 Å². The highest BCUT2D eigenvalue weighted by atomic mass is 14.8. The number of nitrogens with two attached hydrogens (primary N) is 2. The minimum absolute atomic E-state index is 0.148. The summed E-state index contributed by atoms with van der Waals surface area (Å²) in [7, 11) is 0. The maximum atomic E-state index is 5.60. The van der Waals surface area contributed by atoms with Crippen LogP contribution in [0.25, 0.3) is 0 Å². The van der Waals surface area contributed by atoms with Crippen molar-refractivity contribution in [3.8, 4) is 0 Å². The molecular formula is C6H16N2. The van der Waals surface area contributed by atoms with E-state index >= 15 is 0 Å². The van der Waals surface area contributed by atoms with E-state index in [2.05, 4.69) is 6.92 Å². The molecule has 0 aromatic carbocycles. The minimum atomic E-state index is 0.148. The van der Waals surface area contributed by atoms with Crippen molar-refractivity contribution < 1.29 is 0 Å². The summed E-state index contributed by atoms with van der Waals surface area (Å²) in [4.78, 5) is 0. The van der Waals surface area contributed by atoms with Crippen molar-refractivity contribution >= 4 is 0 Å². The molecule has 0 bridgehead atoms. The van der Waals surface area contributed by atoms with Crippen molar-refractivity contribution in [1.82, 2.24) is 0 Å². The van der Waals surface area contributed by atoms with Gasteiger partial charge in [0, 0.05) is 12.1 Å². The van der Waals surface area contributed by atoms with E-state index in [0.29, 0.717) is 0 Å². The summed E-state index contributed by atoms with van der Waals surface area (Å²) in [5, 5.41) is 0. The third kappa shape index (κ3) is 2.99. The summed E-state index contributed by atoms with van der Waals surface area (Å²) in [5.74, 6) is 0. The zero-order valence-electron chi connectivity index (χ0n) is 5.72. The Morgan fingerprint density at radius 1 is 1.38 bits per heavy atom. The van der Waals surface area contributed by atoms with Crippen LogP contribution in [0.2, 0.25) is 0 Å². The van der Waals surface area contributed by atoms with Crippen molar-refractivity contribution in [2.75, 3.05) is 0 Å². The molecule has 0 radical (unpaired) electrons. The summed E-state index contributed by atoms with van der Waals surface area (Å²) in [6.07, 6.45) is 2.17. The molecule has 2 unspecified atom stereocenters. The highest BCUT2D eigenvalue weighted by Crippen LogP contribution is 1.94. The van der Waals surface area contributed by atoms with Crippen molar-refractivity contribution in [2.24, 2.45) is 11.5 Å². The Kier molecular flexibility index (Phi) is 3.83. The summed E-state index contributed by atoms with van der Waals surface area (Å²) in [6, 6.07) is 0.343. The second-order valence-electron chi connectivity index (χ2n) is 2.31. The van der Waals surface area contributed by atoms with Gasteiger partial charge in [-0.3, -0.25) is 0 Å². The Morgan fingerprint density at radius 3 is 2.00 bits per heavy atom. The highest BCUT2D eigenvalue weighted by molar-refractivity contribution is 4.69. The first-order chi connectivity index (χ1) is 3.68. The topological polar surface area (TPSA) is 52.0 Å². The fourth-order valence-corrected chi connectivity index (χ4v) is 0.596. The van der Waals surface area contributed by atoms with Crippen LogP contribution in [0.15, 0.2) is 0 Å². The van der Waals surface area contributed by atoms with Gasteiger partial charge in [0.15, 0.2) is 0 Å². The predicted molar refractivity (Wildman–Crippen MR) is 36.5 cm³/mol. The molecule has 0 spiro atoms. The molecule has 0 aliphatic carbocycles. The second-order valence-corrected chi connectivity index (χ2v) is 2.31. The van der Waals surface area contributed by atoms with Crippen LogP contribution in [0, 0.1) is 0 Å². The van der Waals surface area contributed by atoms with E-state index in [1.54, 1.807) is 0 Å². The lowest BCUT2D eigenvalue weighted by molar-refractivity contribution is 0.518. The lowest BCUT2D eigenvalue weighted by Gasteiger charge is -2.13. The normalized spacial score (nSPS) is 18.0. The van der Waals surface area contributed by atoms with Crippen molar-refractivity contribution in [3.05, 3.63) is 0 Å². The summed E-state index contributed by atoms with van der Waals surface area (Å²) < 4.78 is 0. The highest BCUT2D eigenvalue weighted by Gasteiger charge is 2.04. The second kappa shape index (κ2) is 3.87. The van der Waals surface area contributed by atoms with Crippen LogP contribution in [0.1, 0.15) is 26.7 Å². The molecule has 0 aromatic heterocycles. The minimum Gasteiger partial charge on any atom is -0.327 e. The quantitative estimate of drug-likeness (QED) is 0.563. The van der Waals surface area contributed by atoms with E-state index in [4.69, 9.17) is 11.5 Å². The van der Waals surface area contributed by atoms with Crippen LogP contribution in [0.5, 0.6) is 0 Å². The van der Waals surface area contributed by atoms with E-state index in [1.807, 2.05) is 6.92 Å². The number of rotatable bonds is 3. The Hall–Kier alpha value is -0.0800. The third-order valence-electron chi connectivity index (χ3n) is 1.30. The first-order valence-corrected chi connectivity index (χ1v) is 3.19. The fraction of sp³-hybridized carbons (Fsp3) is 1.00. The standard InChI is InChI=1S/C6H16N2/c1-3-4-6(8)5(2)7/h5-6H,3-4,7-8H2,1-2H3. The van der Waals surface area contributed by atoms with Gasteiger partial charge in [0.1, 0.15) is 0 Å². The third-order valence-corrected chi connectivity index (χ3v) is 1.30. The molecule has 0 heterocycles. The van der Waals surface area contributed by atoms with Gasteiger partial charge < -0.3 is 11.5 Å². The molecule has 0 aliphatic heterocycles. The first kappa shape index (κ1) is 7.92. The Balaban J connectivity index is 3.17. The molecule has 4 N–H and O–H groups in total. The van der Waals surface area contributed by atoms with E-state index in [1.165, 1.54) is 0 Å². The van der Waals surface area contributed by atoms with E-state index in [9.17, 15) is 0 Å². The molecule has 0 rings (SSSR count). The van der Waals surface area contributed by atoms with Gasteiger partial charge in [0.25, 0.3) is 0 Å². The average Bonchev–Trinajstić information content (AvgIpc) is 1.67. The SMILES string of the molecule is CCCC(N)C(C)N. The Labute approximate surface area is 51.2 Å². The van der Waals surface area contributed by atoms with Gasteiger partial charge in [-0.2, -0.15) is 0 Å². The predicted octanol–water partition coefficient (Wildman–Crippen LogP) is 0.461. The van der Waals surface area contributed by atoms with Gasteiger partial charge in [0.2, 0.25) is 0 Å². The lowest BCUT2D eigenvalue weighted by atomic mass is 10.1. The molecule has 8 heavy (non-hydrogen) atoms. The molecule has 0 aliphatic rings. The van der Waals surface area contributed by atoms with Gasteiger partial charge in [0.05, 0.1) is 0 Å². The lowest BCUT2D eigenvalue weighted by Crippen LogP contribution is -2.38.